The first-order valence-electron chi connectivity index (χ1n) is 14.7. The molecule has 0 radical (unpaired) electrons. The first-order valence-corrected chi connectivity index (χ1v) is 18.5. The Morgan fingerprint density at radius 2 is 1.16 bits per heavy atom. The van der Waals surface area contributed by atoms with Gasteiger partial charge in [0, 0.05) is 22.4 Å². The minimum Gasteiger partial charge on any atom is -0.496 e. The molecule has 2 aromatic rings. The Hall–Kier alpha value is -0.710. The topological polar surface area (TPSA) is 21.7 Å². The molecule has 2 saturated carbocycles. The van der Waals surface area contributed by atoms with Crippen LogP contribution in [0.25, 0.3) is 0 Å². The summed E-state index contributed by atoms with van der Waals surface area (Å²) in [5.41, 5.74) is 2.44. The Labute approximate surface area is 237 Å². The van der Waals surface area contributed by atoms with Gasteiger partial charge in [0.2, 0.25) is 0 Å². The highest BCUT2D eigenvalue weighted by molar-refractivity contribution is 7.66. The first-order chi connectivity index (χ1) is 18.4. The quantitative estimate of drug-likeness (QED) is 0.252. The van der Waals surface area contributed by atoms with E-state index in [-0.39, 0.29) is 13.5 Å². The van der Waals surface area contributed by atoms with Crippen LogP contribution in [0.4, 0.5) is 0 Å². The molecule has 3 nitrogen and oxygen atoms in total. The van der Waals surface area contributed by atoms with Crippen LogP contribution in [0.1, 0.15) is 85.0 Å². The van der Waals surface area contributed by atoms with Gasteiger partial charge >= 0.3 is 0 Å². The molecule has 2 aliphatic carbocycles. The molecule has 0 amide bonds. The third kappa shape index (κ3) is 8.16. The second-order valence-corrected chi connectivity index (χ2v) is 18.1. The van der Waals surface area contributed by atoms with Gasteiger partial charge in [-0.25, -0.2) is 0 Å². The van der Waals surface area contributed by atoms with Gasteiger partial charge in [-0.2, -0.15) is 0 Å². The van der Waals surface area contributed by atoms with Gasteiger partial charge in [0.1, 0.15) is 11.5 Å². The molecule has 2 aliphatic rings. The number of para-hydroxylation sites is 2. The van der Waals surface area contributed by atoms with Crippen molar-refractivity contribution in [2.24, 2.45) is 0 Å². The number of rotatable bonds is 11. The minimum atomic E-state index is -0.0326. The number of hydrogen-bond donors (Lipinski definition) is 0. The van der Waals surface area contributed by atoms with E-state index in [9.17, 15) is 0 Å². The standard InChI is InChI=1S/C32H50NO2P3/c1-32(2,3)33(24-38(25-16-8-6-9-17-25)26-18-10-7-11-19-26)31(36-29-22-14-12-20-27(29)34-4)37-30-23-15-13-21-28(30)35-5/h12-15,20-23,25-26,31,36-37H,6-11,16-19,24H2,1-5H3. The maximum Gasteiger partial charge on any atom is 0.126 e. The second kappa shape index (κ2) is 14.8. The molecule has 0 saturated heterocycles. The van der Waals surface area contributed by atoms with Crippen molar-refractivity contribution in [2.45, 2.75) is 107 Å². The van der Waals surface area contributed by atoms with Crippen molar-refractivity contribution in [3.8, 4) is 11.5 Å². The predicted molar refractivity (Wildman–Crippen MR) is 173 cm³/mol. The normalized spacial score (nSPS) is 19.2. The molecule has 0 aliphatic heterocycles. The Bertz CT molecular complexity index is 915. The molecule has 0 aromatic heterocycles. The predicted octanol–water partition coefficient (Wildman–Crippen LogP) is 8.50. The van der Waals surface area contributed by atoms with Crippen LogP contribution in [0.3, 0.4) is 0 Å². The van der Waals surface area contributed by atoms with E-state index in [2.05, 4.69) is 74.2 Å². The van der Waals surface area contributed by atoms with Gasteiger partial charge in [-0.3, -0.25) is 4.90 Å². The lowest BCUT2D eigenvalue weighted by Crippen LogP contribution is -2.47. The number of nitrogens with zero attached hydrogens (tertiary/aromatic N) is 1. The Morgan fingerprint density at radius 3 is 1.55 bits per heavy atom. The van der Waals surface area contributed by atoms with E-state index in [1.165, 1.54) is 81.1 Å². The summed E-state index contributed by atoms with van der Waals surface area (Å²) in [7, 11) is 4.92. The van der Waals surface area contributed by atoms with Crippen LogP contribution < -0.4 is 20.1 Å². The van der Waals surface area contributed by atoms with Gasteiger partial charge in [0.05, 0.1) is 19.7 Å². The molecule has 0 N–H and O–H groups in total. The molecule has 0 heterocycles. The third-order valence-electron chi connectivity index (χ3n) is 8.37. The summed E-state index contributed by atoms with van der Waals surface area (Å²) < 4.78 is 11.7. The number of methoxy groups -OCH3 is 2. The van der Waals surface area contributed by atoms with E-state index in [1.807, 2.05) is 14.2 Å². The summed E-state index contributed by atoms with van der Waals surface area (Å²) in [5.74, 6) is 2.05. The van der Waals surface area contributed by atoms with Crippen molar-refractivity contribution in [3.63, 3.8) is 0 Å². The summed E-state index contributed by atoms with van der Waals surface area (Å²) in [6.45, 7) is 7.36. The van der Waals surface area contributed by atoms with Crippen molar-refractivity contribution in [3.05, 3.63) is 48.5 Å². The lowest BCUT2D eigenvalue weighted by molar-refractivity contribution is 0.181. The van der Waals surface area contributed by atoms with Crippen LogP contribution in [0.15, 0.2) is 48.5 Å². The molecule has 4 rings (SSSR count). The minimum absolute atomic E-state index is 0.0326. The van der Waals surface area contributed by atoms with E-state index in [0.29, 0.717) is 22.7 Å². The smallest absolute Gasteiger partial charge is 0.126 e. The summed E-state index contributed by atoms with van der Waals surface area (Å²) in [4.78, 5) is 2.94. The fourth-order valence-electron chi connectivity index (χ4n) is 6.23. The van der Waals surface area contributed by atoms with Crippen molar-refractivity contribution in [1.82, 2.24) is 4.90 Å². The summed E-state index contributed by atoms with van der Waals surface area (Å²) in [5, 5.41) is 2.69. The van der Waals surface area contributed by atoms with Crippen LogP contribution >= 0.6 is 25.1 Å². The van der Waals surface area contributed by atoms with Crippen LogP contribution in [-0.4, -0.2) is 47.8 Å². The number of ether oxygens (including phenoxy) is 2. The molecule has 2 atom stereocenters. The van der Waals surface area contributed by atoms with E-state index in [0.717, 1.165) is 22.8 Å². The lowest BCUT2D eigenvalue weighted by Gasteiger charge is -2.48. The van der Waals surface area contributed by atoms with Gasteiger partial charge in [0.25, 0.3) is 0 Å². The number of hydrogen-bond acceptors (Lipinski definition) is 3. The monoisotopic (exact) mass is 573 g/mol. The highest BCUT2D eigenvalue weighted by atomic mass is 31.1. The number of benzene rings is 2. The average Bonchev–Trinajstić information content (AvgIpc) is 2.94. The molecule has 0 spiro atoms. The zero-order valence-corrected chi connectivity index (χ0v) is 27.2. The van der Waals surface area contributed by atoms with Crippen molar-refractivity contribution in [1.29, 1.82) is 0 Å². The molecular formula is C32H50NO2P3. The van der Waals surface area contributed by atoms with Gasteiger partial charge in [-0.05, 0) is 69.9 Å². The molecule has 2 aromatic carbocycles. The fourth-order valence-corrected chi connectivity index (χ4v) is 14.7. The molecule has 38 heavy (non-hydrogen) atoms. The van der Waals surface area contributed by atoms with E-state index in [4.69, 9.17) is 9.47 Å². The highest BCUT2D eigenvalue weighted by Crippen LogP contribution is 2.58. The van der Waals surface area contributed by atoms with Crippen LogP contribution in [0.5, 0.6) is 11.5 Å². The first kappa shape index (κ1) is 30.3. The van der Waals surface area contributed by atoms with Crippen molar-refractivity contribution < 1.29 is 9.47 Å². The molecule has 2 unspecified atom stereocenters. The Morgan fingerprint density at radius 1 is 0.737 bits per heavy atom. The summed E-state index contributed by atoms with van der Waals surface area (Å²) in [6.07, 6.45) is 15.8. The van der Waals surface area contributed by atoms with Crippen LogP contribution in [0.2, 0.25) is 0 Å². The van der Waals surface area contributed by atoms with Crippen molar-refractivity contribution in [2.75, 3.05) is 20.5 Å². The lowest BCUT2D eigenvalue weighted by atomic mass is 9.99. The van der Waals surface area contributed by atoms with Gasteiger partial charge in [-0.1, -0.05) is 100 Å². The van der Waals surface area contributed by atoms with Crippen molar-refractivity contribution >= 4 is 35.7 Å². The third-order valence-corrected chi connectivity index (χ3v) is 15.4. The van der Waals surface area contributed by atoms with E-state index < -0.39 is 0 Å². The second-order valence-electron chi connectivity index (χ2n) is 12.0. The zero-order chi connectivity index (χ0) is 27.0. The molecule has 210 valence electrons. The Balaban J connectivity index is 1.70. The zero-order valence-electron chi connectivity index (χ0n) is 24.3. The molecule has 2 fully saturated rings. The van der Waals surface area contributed by atoms with Crippen LogP contribution in [0, 0.1) is 0 Å². The van der Waals surface area contributed by atoms with Gasteiger partial charge in [-0.15, -0.1) is 0 Å². The van der Waals surface area contributed by atoms with Crippen LogP contribution in [-0.2, 0) is 0 Å². The van der Waals surface area contributed by atoms with E-state index in [1.54, 1.807) is 0 Å². The maximum atomic E-state index is 5.85. The highest BCUT2D eigenvalue weighted by Gasteiger charge is 2.38. The van der Waals surface area contributed by atoms with Gasteiger partial charge < -0.3 is 9.47 Å². The van der Waals surface area contributed by atoms with Gasteiger partial charge in [0.15, 0.2) is 0 Å². The molecule has 6 heteroatoms. The van der Waals surface area contributed by atoms with E-state index >= 15 is 0 Å². The molecule has 0 bridgehead atoms. The summed E-state index contributed by atoms with van der Waals surface area (Å²) in [6, 6.07) is 17.4. The SMILES string of the molecule is COc1ccccc1PC(Pc1ccccc1OC)N(CP(C1CCCCC1)C1CCCCC1)C(C)(C)C. The molecular weight excluding hydrogens is 523 g/mol. The Kier molecular flexibility index (Phi) is 11.8. The maximum absolute atomic E-state index is 5.85. The average molecular weight is 574 g/mol. The summed E-state index contributed by atoms with van der Waals surface area (Å²) >= 11 is 0. The fraction of sp³-hybridized carbons (Fsp3) is 0.625. The largest absolute Gasteiger partial charge is 0.496 e.